The molecule has 0 saturated carbocycles. The molecule has 1 aliphatic rings. The molecule has 0 fully saturated rings. The van der Waals surface area contributed by atoms with Crippen LogP contribution in [0.3, 0.4) is 0 Å². The van der Waals surface area contributed by atoms with Crippen LogP contribution in [0.1, 0.15) is 44.7 Å². The average Bonchev–Trinajstić information content (AvgIpc) is 2.85. The lowest BCUT2D eigenvalue weighted by atomic mass is 9.83. The van der Waals surface area contributed by atoms with Crippen LogP contribution in [-0.2, 0) is 14.4 Å². The van der Waals surface area contributed by atoms with E-state index in [1.54, 1.807) is 66.7 Å². The molecule has 0 aromatic heterocycles. The predicted octanol–water partition coefficient (Wildman–Crippen LogP) is 4.00. The van der Waals surface area contributed by atoms with Gasteiger partial charge in [0, 0.05) is 33.7 Å². The second kappa shape index (κ2) is 10.4. The van der Waals surface area contributed by atoms with Crippen LogP contribution in [0.2, 0.25) is 0 Å². The van der Waals surface area contributed by atoms with E-state index in [0.29, 0.717) is 22.5 Å². The molecule has 3 aromatic carbocycles. The van der Waals surface area contributed by atoms with E-state index in [0.717, 1.165) is 4.90 Å². The number of benzene rings is 3. The number of carbonyl (C=O) groups excluding carboxylic acids is 4. The van der Waals surface area contributed by atoms with Crippen molar-refractivity contribution in [1.29, 1.82) is 0 Å². The minimum absolute atomic E-state index is 0.0622. The molecule has 35 heavy (non-hydrogen) atoms. The van der Waals surface area contributed by atoms with Gasteiger partial charge in [0.2, 0.25) is 11.8 Å². The van der Waals surface area contributed by atoms with Gasteiger partial charge in [-0.2, -0.15) is 0 Å². The van der Waals surface area contributed by atoms with Crippen LogP contribution in [-0.4, -0.2) is 40.2 Å². The van der Waals surface area contributed by atoms with E-state index in [4.69, 9.17) is 5.11 Å². The van der Waals surface area contributed by atoms with Crippen LogP contribution in [0.5, 0.6) is 0 Å². The molecule has 8 nitrogen and oxygen atoms in total. The zero-order valence-corrected chi connectivity index (χ0v) is 19.2. The Bertz CT molecular complexity index is 1350. The molecule has 0 atom stereocenters. The molecule has 0 aliphatic heterocycles. The first-order valence-electron chi connectivity index (χ1n) is 10.7. The third-order valence-electron chi connectivity index (χ3n) is 5.30. The number of carboxylic acid groups (broad SMARTS) is 1. The zero-order chi connectivity index (χ0) is 24.9. The van der Waals surface area contributed by atoms with Gasteiger partial charge in [-0.15, -0.1) is 11.8 Å². The Labute approximate surface area is 204 Å². The fourth-order valence-corrected chi connectivity index (χ4v) is 4.36. The molecular weight excluding hydrogens is 468 g/mol. The third kappa shape index (κ3) is 5.47. The number of rotatable bonds is 8. The lowest BCUT2D eigenvalue weighted by Gasteiger charge is -2.20. The van der Waals surface area contributed by atoms with Crippen molar-refractivity contribution in [1.82, 2.24) is 0 Å². The van der Waals surface area contributed by atoms with Gasteiger partial charge in [0.15, 0.2) is 11.6 Å². The van der Waals surface area contributed by atoms with E-state index in [-0.39, 0.29) is 47.2 Å². The molecule has 0 unspecified atom stereocenters. The summed E-state index contributed by atoms with van der Waals surface area (Å²) in [5.74, 6) is -2.27. The van der Waals surface area contributed by atoms with E-state index < -0.39 is 11.9 Å². The van der Waals surface area contributed by atoms with Crippen molar-refractivity contribution in [2.75, 3.05) is 16.4 Å². The van der Waals surface area contributed by atoms with Gasteiger partial charge in [0.25, 0.3) is 0 Å². The van der Waals surface area contributed by atoms with Crippen LogP contribution < -0.4 is 10.6 Å². The summed E-state index contributed by atoms with van der Waals surface area (Å²) in [5, 5.41) is 14.0. The van der Waals surface area contributed by atoms with Crippen LogP contribution in [0.4, 0.5) is 11.4 Å². The van der Waals surface area contributed by atoms with Gasteiger partial charge in [-0.05, 0) is 30.3 Å². The molecule has 3 N–H and O–H groups in total. The Hall–Kier alpha value is -4.24. The molecule has 0 heterocycles. The van der Waals surface area contributed by atoms with Gasteiger partial charge in [-0.25, -0.2) is 0 Å². The largest absolute Gasteiger partial charge is 0.481 e. The van der Waals surface area contributed by atoms with Crippen molar-refractivity contribution in [2.45, 2.75) is 17.7 Å². The summed E-state index contributed by atoms with van der Waals surface area (Å²) >= 11 is 1.26. The highest BCUT2D eigenvalue weighted by molar-refractivity contribution is 8.00. The van der Waals surface area contributed by atoms with Crippen LogP contribution in [0.15, 0.2) is 71.6 Å². The van der Waals surface area contributed by atoms with Crippen molar-refractivity contribution in [3.05, 3.63) is 89.0 Å². The Morgan fingerprint density at radius 1 is 0.714 bits per heavy atom. The Kier molecular flexibility index (Phi) is 7.07. The summed E-state index contributed by atoms with van der Waals surface area (Å²) in [6, 6.07) is 18.2. The Balaban J connectivity index is 1.38. The monoisotopic (exact) mass is 488 g/mol. The van der Waals surface area contributed by atoms with Crippen LogP contribution in [0, 0.1) is 0 Å². The maximum absolute atomic E-state index is 13.1. The molecule has 2 amide bonds. The molecule has 9 heteroatoms. The van der Waals surface area contributed by atoms with Crippen LogP contribution >= 0.6 is 11.8 Å². The number of thioether (sulfide) groups is 1. The number of nitrogens with one attached hydrogen (secondary N) is 2. The topological polar surface area (TPSA) is 130 Å². The number of aliphatic carboxylic acids is 1. The summed E-state index contributed by atoms with van der Waals surface area (Å²) in [6.07, 6.45) is -0.360. The number of ketones is 2. The third-order valence-corrected chi connectivity index (χ3v) is 6.31. The Morgan fingerprint density at radius 2 is 1.37 bits per heavy atom. The van der Waals surface area contributed by atoms with E-state index >= 15 is 0 Å². The molecule has 0 spiro atoms. The second-order valence-electron chi connectivity index (χ2n) is 7.74. The normalized spacial score (nSPS) is 11.9. The molecule has 0 saturated heterocycles. The minimum Gasteiger partial charge on any atom is -0.481 e. The molecular formula is C26H20N2O6S. The van der Waals surface area contributed by atoms with Crippen molar-refractivity contribution in [3.8, 4) is 0 Å². The first-order chi connectivity index (χ1) is 16.8. The van der Waals surface area contributed by atoms with Crippen molar-refractivity contribution < 1.29 is 29.1 Å². The second-order valence-corrected chi connectivity index (χ2v) is 8.78. The summed E-state index contributed by atoms with van der Waals surface area (Å²) in [4.78, 5) is 61.6. The highest BCUT2D eigenvalue weighted by atomic mass is 32.2. The van der Waals surface area contributed by atoms with Gasteiger partial charge in [-0.1, -0.05) is 36.4 Å². The number of hydrogen-bond acceptors (Lipinski definition) is 6. The molecule has 0 radical (unpaired) electrons. The average molecular weight is 489 g/mol. The van der Waals surface area contributed by atoms with Crippen molar-refractivity contribution in [3.63, 3.8) is 0 Å². The summed E-state index contributed by atoms with van der Waals surface area (Å²) < 4.78 is 0. The Morgan fingerprint density at radius 3 is 2.06 bits per heavy atom. The first-order valence-corrected chi connectivity index (χ1v) is 11.7. The lowest BCUT2D eigenvalue weighted by Crippen LogP contribution is -2.24. The predicted molar refractivity (Wildman–Crippen MR) is 131 cm³/mol. The quantitative estimate of drug-likeness (QED) is 0.320. The zero-order valence-electron chi connectivity index (χ0n) is 18.4. The van der Waals surface area contributed by atoms with Crippen molar-refractivity contribution in [2.24, 2.45) is 0 Å². The van der Waals surface area contributed by atoms with Gasteiger partial charge in [-0.3, -0.25) is 24.0 Å². The summed E-state index contributed by atoms with van der Waals surface area (Å²) in [6.45, 7) is 0. The highest BCUT2D eigenvalue weighted by Crippen LogP contribution is 2.32. The van der Waals surface area contributed by atoms with Gasteiger partial charge < -0.3 is 15.7 Å². The fourth-order valence-electron chi connectivity index (χ4n) is 3.66. The lowest BCUT2D eigenvalue weighted by molar-refractivity contribution is -0.138. The number of hydrogen-bond donors (Lipinski definition) is 3. The number of carboxylic acids is 1. The number of amides is 2. The molecule has 1 aliphatic carbocycles. The van der Waals surface area contributed by atoms with E-state index in [1.807, 2.05) is 0 Å². The van der Waals surface area contributed by atoms with Gasteiger partial charge >= 0.3 is 5.97 Å². The number of anilines is 2. The van der Waals surface area contributed by atoms with Crippen LogP contribution in [0.25, 0.3) is 0 Å². The van der Waals surface area contributed by atoms with E-state index in [2.05, 4.69) is 10.6 Å². The van der Waals surface area contributed by atoms with E-state index in [9.17, 15) is 24.0 Å². The SMILES string of the molecule is O=C(O)CCC(=O)Nc1ccc(SCC(=O)Nc2cccc3c2C(=O)c2ccccc2C3=O)cc1. The molecule has 3 aromatic rings. The van der Waals surface area contributed by atoms with Gasteiger partial charge in [0.1, 0.15) is 0 Å². The molecule has 176 valence electrons. The van der Waals surface area contributed by atoms with Crippen molar-refractivity contribution >= 4 is 52.5 Å². The fraction of sp³-hybridized carbons (Fsp3) is 0.115. The first kappa shape index (κ1) is 23.9. The summed E-state index contributed by atoms with van der Waals surface area (Å²) in [7, 11) is 0. The smallest absolute Gasteiger partial charge is 0.303 e. The maximum atomic E-state index is 13.1. The van der Waals surface area contributed by atoms with E-state index in [1.165, 1.54) is 11.8 Å². The highest BCUT2D eigenvalue weighted by Gasteiger charge is 2.31. The molecule has 0 bridgehead atoms. The number of fused-ring (bicyclic) bond motifs is 2. The number of carbonyl (C=O) groups is 5. The maximum Gasteiger partial charge on any atom is 0.303 e. The van der Waals surface area contributed by atoms with Gasteiger partial charge in [0.05, 0.1) is 23.4 Å². The standard InChI is InChI=1S/C26H20N2O6S/c29-21(12-13-23(31)32)27-15-8-10-16(11-9-15)35-14-22(30)28-20-7-3-6-19-24(20)26(34)18-5-2-1-4-17(18)25(19)33/h1-11H,12-14H2,(H,27,29)(H,28,30)(H,31,32). The summed E-state index contributed by atoms with van der Waals surface area (Å²) in [5.41, 5.74) is 1.94. The molecule has 4 rings (SSSR count). The minimum atomic E-state index is -1.04.